The average Bonchev–Trinajstić information content (AvgIpc) is 3.12. The molecule has 10 nitrogen and oxygen atoms in total. The Kier molecular flexibility index (Phi) is 3.46. The van der Waals surface area contributed by atoms with Crippen molar-refractivity contribution in [2.75, 3.05) is 5.32 Å². The summed E-state index contributed by atoms with van der Waals surface area (Å²) in [6, 6.07) is 6.39. The number of benzene rings is 1. The lowest BCUT2D eigenvalue weighted by Crippen LogP contribution is -2.10. The predicted octanol–water partition coefficient (Wildman–Crippen LogP) is 2.96. The molecule has 1 N–H and O–H groups in total. The highest BCUT2D eigenvalue weighted by molar-refractivity contribution is 7.22. The topological polar surface area (TPSA) is 141 Å². The molecule has 3 aromatic rings. The van der Waals surface area contributed by atoms with Crippen LogP contribution in [0.3, 0.4) is 0 Å². The largest absolute Gasteiger partial charge is 0.433 e. The maximum atomic E-state index is 11.9. The van der Waals surface area contributed by atoms with Crippen molar-refractivity contribution in [1.82, 2.24) is 4.98 Å². The molecule has 0 spiro atoms. The molecule has 1 amide bonds. The van der Waals surface area contributed by atoms with Gasteiger partial charge < -0.3 is 4.42 Å². The van der Waals surface area contributed by atoms with E-state index in [2.05, 4.69) is 10.3 Å². The molecule has 0 saturated carbocycles. The standard InChI is InChI=1S/C12H6N4O6S/c17-11(8-2-4-10(22-8)16(20)21)14-12-13-7-5-6(15(18)19)1-3-9(7)23-12/h1-5H,(H,13,14,17). The highest BCUT2D eigenvalue weighted by Crippen LogP contribution is 2.29. The van der Waals surface area contributed by atoms with E-state index in [1.54, 1.807) is 0 Å². The van der Waals surface area contributed by atoms with Crippen LogP contribution in [0.4, 0.5) is 16.7 Å². The van der Waals surface area contributed by atoms with Gasteiger partial charge in [-0.25, -0.2) is 4.98 Å². The Morgan fingerprint density at radius 1 is 1.17 bits per heavy atom. The van der Waals surface area contributed by atoms with Gasteiger partial charge in [-0.05, 0) is 12.1 Å². The fourth-order valence-corrected chi connectivity index (χ4v) is 2.63. The summed E-state index contributed by atoms with van der Waals surface area (Å²) >= 11 is 1.11. The number of nitrogens with one attached hydrogen (secondary N) is 1. The number of furan rings is 1. The Morgan fingerprint density at radius 2 is 1.96 bits per heavy atom. The summed E-state index contributed by atoms with van der Waals surface area (Å²) in [4.78, 5) is 35.9. The molecule has 2 heterocycles. The van der Waals surface area contributed by atoms with E-state index in [0.717, 1.165) is 17.4 Å². The van der Waals surface area contributed by atoms with Crippen LogP contribution >= 0.6 is 11.3 Å². The second kappa shape index (κ2) is 5.46. The molecule has 0 aliphatic heterocycles. The minimum absolute atomic E-state index is 0.109. The van der Waals surface area contributed by atoms with Gasteiger partial charge in [0.05, 0.1) is 21.2 Å². The SMILES string of the molecule is O=C(Nc1nc2cc([N+](=O)[O-])ccc2s1)c1ccc([N+](=O)[O-])o1. The van der Waals surface area contributed by atoms with E-state index in [0.29, 0.717) is 10.2 Å². The van der Waals surface area contributed by atoms with Crippen LogP contribution < -0.4 is 5.32 Å². The molecule has 23 heavy (non-hydrogen) atoms. The van der Waals surface area contributed by atoms with Gasteiger partial charge in [0, 0.05) is 12.1 Å². The first-order chi connectivity index (χ1) is 10.9. The van der Waals surface area contributed by atoms with Crippen molar-refractivity contribution >= 4 is 44.2 Å². The summed E-state index contributed by atoms with van der Waals surface area (Å²) in [7, 11) is 0. The van der Waals surface area contributed by atoms with Gasteiger partial charge in [-0.2, -0.15) is 0 Å². The number of hydrogen-bond donors (Lipinski definition) is 1. The van der Waals surface area contributed by atoms with Gasteiger partial charge in [-0.3, -0.25) is 30.3 Å². The van der Waals surface area contributed by atoms with Gasteiger partial charge >= 0.3 is 5.88 Å². The number of rotatable bonds is 4. The van der Waals surface area contributed by atoms with E-state index < -0.39 is 21.6 Å². The molecule has 0 atom stereocenters. The maximum Gasteiger partial charge on any atom is 0.433 e. The number of fused-ring (bicyclic) bond motifs is 1. The first kappa shape index (κ1) is 14.6. The van der Waals surface area contributed by atoms with Crippen LogP contribution in [0.5, 0.6) is 0 Å². The zero-order valence-corrected chi connectivity index (χ0v) is 11.9. The number of hydrogen-bond acceptors (Lipinski definition) is 8. The third-order valence-corrected chi connectivity index (χ3v) is 3.75. The van der Waals surface area contributed by atoms with Crippen LogP contribution in [0.15, 0.2) is 34.7 Å². The Morgan fingerprint density at radius 3 is 2.61 bits per heavy atom. The minimum atomic E-state index is -0.756. The zero-order valence-electron chi connectivity index (χ0n) is 11.1. The van der Waals surface area contributed by atoms with Crippen molar-refractivity contribution in [2.24, 2.45) is 0 Å². The molecule has 0 fully saturated rings. The molecule has 0 bridgehead atoms. The normalized spacial score (nSPS) is 10.6. The highest BCUT2D eigenvalue weighted by atomic mass is 32.1. The van der Waals surface area contributed by atoms with Crippen molar-refractivity contribution in [3.05, 3.63) is 56.3 Å². The van der Waals surface area contributed by atoms with Gasteiger partial charge in [0.25, 0.3) is 11.6 Å². The fourth-order valence-electron chi connectivity index (χ4n) is 1.79. The van der Waals surface area contributed by atoms with Crippen LogP contribution in [-0.4, -0.2) is 20.7 Å². The lowest BCUT2D eigenvalue weighted by atomic mass is 10.3. The van der Waals surface area contributed by atoms with Crippen LogP contribution in [0.1, 0.15) is 10.6 Å². The third-order valence-electron chi connectivity index (χ3n) is 2.80. The van der Waals surface area contributed by atoms with Crippen LogP contribution in [0, 0.1) is 20.2 Å². The molecule has 0 radical (unpaired) electrons. The molecule has 116 valence electrons. The molecular weight excluding hydrogens is 328 g/mol. The van der Waals surface area contributed by atoms with Crippen LogP contribution in [0.2, 0.25) is 0 Å². The van der Waals surface area contributed by atoms with Gasteiger partial charge in [-0.1, -0.05) is 11.3 Å². The summed E-state index contributed by atoms with van der Waals surface area (Å²) in [6.45, 7) is 0. The molecular formula is C12H6N4O6S. The van der Waals surface area contributed by atoms with Gasteiger partial charge in [-0.15, -0.1) is 0 Å². The number of amides is 1. The van der Waals surface area contributed by atoms with Crippen LogP contribution in [0.25, 0.3) is 10.2 Å². The van der Waals surface area contributed by atoms with Gasteiger partial charge in [0.2, 0.25) is 0 Å². The number of thiazole rings is 1. The van der Waals surface area contributed by atoms with Crippen molar-refractivity contribution in [3.63, 3.8) is 0 Å². The van der Waals surface area contributed by atoms with Crippen molar-refractivity contribution in [2.45, 2.75) is 0 Å². The van der Waals surface area contributed by atoms with Gasteiger partial charge in [0.1, 0.15) is 4.92 Å². The Hall–Kier alpha value is -3.34. The highest BCUT2D eigenvalue weighted by Gasteiger charge is 2.19. The summed E-state index contributed by atoms with van der Waals surface area (Å²) in [6.07, 6.45) is 0. The molecule has 0 saturated heterocycles. The number of non-ortho nitro benzene ring substituents is 1. The van der Waals surface area contributed by atoms with E-state index >= 15 is 0 Å². The van der Waals surface area contributed by atoms with E-state index in [1.807, 2.05) is 0 Å². The molecule has 1 aromatic carbocycles. The van der Waals surface area contributed by atoms with E-state index in [1.165, 1.54) is 24.3 Å². The number of carbonyl (C=O) groups is 1. The van der Waals surface area contributed by atoms with Crippen molar-refractivity contribution < 1.29 is 19.1 Å². The zero-order chi connectivity index (χ0) is 16.6. The molecule has 0 aliphatic rings. The number of nitrogens with zero attached hydrogens (tertiary/aromatic N) is 3. The first-order valence-corrected chi connectivity index (χ1v) is 6.86. The van der Waals surface area contributed by atoms with Crippen molar-refractivity contribution in [3.8, 4) is 0 Å². The number of anilines is 1. The number of carbonyl (C=O) groups excluding carboxylic acids is 1. The Balaban J connectivity index is 1.84. The number of nitro benzene ring substituents is 1. The lowest BCUT2D eigenvalue weighted by Gasteiger charge is -1.96. The summed E-state index contributed by atoms with van der Waals surface area (Å²) < 4.78 is 5.43. The van der Waals surface area contributed by atoms with Gasteiger partial charge in [0.15, 0.2) is 10.9 Å². The van der Waals surface area contributed by atoms with E-state index in [9.17, 15) is 25.0 Å². The minimum Gasteiger partial charge on any atom is -0.395 e. The quantitative estimate of drug-likeness (QED) is 0.571. The lowest BCUT2D eigenvalue weighted by molar-refractivity contribution is -0.402. The molecule has 3 rings (SSSR count). The molecule has 0 unspecified atom stereocenters. The maximum absolute atomic E-state index is 11.9. The second-order valence-corrected chi connectivity index (χ2v) is 5.31. The monoisotopic (exact) mass is 334 g/mol. The molecule has 11 heteroatoms. The number of nitro groups is 2. The number of aromatic nitrogens is 1. The van der Waals surface area contributed by atoms with Crippen LogP contribution in [-0.2, 0) is 0 Å². The fraction of sp³-hybridized carbons (Fsp3) is 0. The Bertz CT molecular complexity index is 946. The second-order valence-electron chi connectivity index (χ2n) is 4.28. The summed E-state index contributed by atoms with van der Waals surface area (Å²) in [5, 5.41) is 23.9. The van der Waals surface area contributed by atoms with E-state index in [4.69, 9.17) is 4.42 Å². The molecule has 0 aliphatic carbocycles. The Labute approximate surface area is 130 Å². The smallest absolute Gasteiger partial charge is 0.395 e. The predicted molar refractivity (Wildman–Crippen MR) is 79.6 cm³/mol. The molecule has 2 aromatic heterocycles. The van der Waals surface area contributed by atoms with Crippen molar-refractivity contribution in [1.29, 1.82) is 0 Å². The first-order valence-electron chi connectivity index (χ1n) is 6.04. The third kappa shape index (κ3) is 2.85. The average molecular weight is 334 g/mol. The van der Waals surface area contributed by atoms with E-state index in [-0.39, 0.29) is 16.6 Å². The summed E-state index contributed by atoms with van der Waals surface area (Å²) in [5.74, 6) is -1.48. The summed E-state index contributed by atoms with van der Waals surface area (Å²) in [5.41, 5.74) is 0.257.